The summed E-state index contributed by atoms with van der Waals surface area (Å²) in [6.45, 7) is 2.32. The Hall–Kier alpha value is -4.33. The average Bonchev–Trinajstić information content (AvgIpc) is 2.87. The van der Waals surface area contributed by atoms with Crippen molar-refractivity contribution in [1.82, 2.24) is 14.1 Å². The fourth-order valence-electron chi connectivity index (χ4n) is 3.58. The number of rotatable bonds is 8. The summed E-state index contributed by atoms with van der Waals surface area (Å²) in [4.78, 5) is 31.0. The van der Waals surface area contributed by atoms with Gasteiger partial charge in [0.2, 0.25) is 0 Å². The molecule has 4 rings (SSSR count). The molecule has 0 fully saturated rings. The number of anilines is 2. The fraction of sp³-hybridized carbons (Fsp3) is 0.192. The maximum absolute atomic E-state index is 13.3. The molecular formula is C26H26N4O4. The minimum atomic E-state index is -0.420. The largest absolute Gasteiger partial charge is 0.497 e. The molecule has 0 unspecified atom stereocenters. The number of nitrogens with one attached hydrogen (secondary N) is 1. The van der Waals surface area contributed by atoms with Gasteiger partial charge < -0.3 is 14.8 Å². The quantitative estimate of drug-likeness (QED) is 0.434. The molecule has 0 saturated carbocycles. The molecule has 0 bridgehead atoms. The lowest BCUT2D eigenvalue weighted by molar-refractivity contribution is 0.414. The van der Waals surface area contributed by atoms with Gasteiger partial charge in [-0.25, -0.2) is 9.78 Å². The van der Waals surface area contributed by atoms with Gasteiger partial charge in [-0.3, -0.25) is 13.9 Å². The first-order valence-electron chi connectivity index (χ1n) is 10.8. The molecule has 2 aromatic carbocycles. The smallest absolute Gasteiger partial charge is 0.331 e. The van der Waals surface area contributed by atoms with Crippen LogP contribution in [-0.2, 0) is 13.1 Å². The first kappa shape index (κ1) is 22.8. The molecule has 2 heterocycles. The third kappa shape index (κ3) is 5.01. The van der Waals surface area contributed by atoms with Crippen molar-refractivity contribution >= 4 is 11.5 Å². The van der Waals surface area contributed by atoms with Crippen molar-refractivity contribution in [3.05, 3.63) is 111 Å². The first-order chi connectivity index (χ1) is 16.5. The summed E-state index contributed by atoms with van der Waals surface area (Å²) in [5.74, 6) is 1.99. The van der Waals surface area contributed by atoms with Crippen molar-refractivity contribution in [3.63, 3.8) is 0 Å². The van der Waals surface area contributed by atoms with Crippen LogP contribution in [0.5, 0.6) is 11.5 Å². The Labute approximate surface area is 197 Å². The number of aromatic nitrogens is 3. The molecule has 8 nitrogen and oxygen atoms in total. The van der Waals surface area contributed by atoms with Gasteiger partial charge in [0, 0.05) is 12.4 Å². The lowest BCUT2D eigenvalue weighted by Gasteiger charge is -2.15. The Morgan fingerprint density at radius 3 is 2.00 bits per heavy atom. The predicted octanol–water partition coefficient (Wildman–Crippen LogP) is 3.57. The molecule has 8 heteroatoms. The van der Waals surface area contributed by atoms with Gasteiger partial charge in [0.1, 0.15) is 23.0 Å². The Balaban J connectivity index is 1.77. The van der Waals surface area contributed by atoms with E-state index in [1.165, 1.54) is 9.13 Å². The highest BCUT2D eigenvalue weighted by atomic mass is 16.5. The summed E-state index contributed by atoms with van der Waals surface area (Å²) >= 11 is 0. The van der Waals surface area contributed by atoms with E-state index >= 15 is 0 Å². The van der Waals surface area contributed by atoms with Crippen LogP contribution < -0.4 is 26.0 Å². The minimum Gasteiger partial charge on any atom is -0.497 e. The SMILES string of the molecule is COc1ccc(Cn2cc(Nc3ncccc3C)c(=O)n(Cc3ccc(OC)cc3)c2=O)cc1. The summed E-state index contributed by atoms with van der Waals surface area (Å²) in [5.41, 5.74) is 2.04. The van der Waals surface area contributed by atoms with Gasteiger partial charge in [-0.1, -0.05) is 30.3 Å². The third-order valence-corrected chi connectivity index (χ3v) is 5.51. The van der Waals surface area contributed by atoms with Gasteiger partial charge in [0.25, 0.3) is 5.56 Å². The molecule has 2 aromatic heterocycles. The van der Waals surface area contributed by atoms with Gasteiger partial charge in [0.15, 0.2) is 0 Å². The van der Waals surface area contributed by atoms with Crippen molar-refractivity contribution in [2.24, 2.45) is 0 Å². The van der Waals surface area contributed by atoms with Crippen LogP contribution in [0.25, 0.3) is 0 Å². The second-order valence-electron chi connectivity index (χ2n) is 7.83. The molecule has 0 spiro atoms. The van der Waals surface area contributed by atoms with Crippen LogP contribution in [-0.4, -0.2) is 28.3 Å². The Morgan fingerprint density at radius 1 is 0.853 bits per heavy atom. The number of hydrogen-bond donors (Lipinski definition) is 1. The minimum absolute atomic E-state index is 0.126. The maximum atomic E-state index is 13.3. The number of ether oxygens (including phenoxy) is 2. The molecule has 34 heavy (non-hydrogen) atoms. The van der Waals surface area contributed by atoms with E-state index in [1.807, 2.05) is 55.5 Å². The van der Waals surface area contributed by atoms with E-state index in [0.29, 0.717) is 18.1 Å². The highest BCUT2D eigenvalue weighted by molar-refractivity contribution is 5.57. The summed E-state index contributed by atoms with van der Waals surface area (Å²) in [6.07, 6.45) is 3.20. The van der Waals surface area contributed by atoms with Gasteiger partial charge >= 0.3 is 5.69 Å². The lowest BCUT2D eigenvalue weighted by atomic mass is 10.2. The molecule has 0 aliphatic heterocycles. The van der Waals surface area contributed by atoms with E-state index in [0.717, 1.165) is 22.4 Å². The highest BCUT2D eigenvalue weighted by Gasteiger charge is 2.14. The number of benzene rings is 2. The van der Waals surface area contributed by atoms with E-state index in [2.05, 4.69) is 10.3 Å². The number of methoxy groups -OCH3 is 2. The lowest BCUT2D eigenvalue weighted by Crippen LogP contribution is -2.41. The van der Waals surface area contributed by atoms with Crippen molar-refractivity contribution in [2.75, 3.05) is 19.5 Å². The molecule has 0 radical (unpaired) electrons. The van der Waals surface area contributed by atoms with Crippen molar-refractivity contribution in [3.8, 4) is 11.5 Å². The van der Waals surface area contributed by atoms with Crippen LogP contribution in [0.2, 0.25) is 0 Å². The van der Waals surface area contributed by atoms with Gasteiger partial charge in [-0.15, -0.1) is 0 Å². The van der Waals surface area contributed by atoms with E-state index in [4.69, 9.17) is 9.47 Å². The maximum Gasteiger partial charge on any atom is 0.331 e. The monoisotopic (exact) mass is 458 g/mol. The van der Waals surface area contributed by atoms with Crippen LogP contribution in [0.4, 0.5) is 11.5 Å². The van der Waals surface area contributed by atoms with Gasteiger partial charge in [0.05, 0.1) is 27.3 Å². The van der Waals surface area contributed by atoms with E-state index in [9.17, 15) is 9.59 Å². The predicted molar refractivity (Wildman–Crippen MR) is 131 cm³/mol. The third-order valence-electron chi connectivity index (χ3n) is 5.51. The molecule has 4 aromatic rings. The second kappa shape index (κ2) is 10.1. The normalized spacial score (nSPS) is 10.7. The highest BCUT2D eigenvalue weighted by Crippen LogP contribution is 2.16. The van der Waals surface area contributed by atoms with E-state index < -0.39 is 11.2 Å². The van der Waals surface area contributed by atoms with Crippen molar-refractivity contribution in [1.29, 1.82) is 0 Å². The molecular weight excluding hydrogens is 432 g/mol. The number of hydrogen-bond acceptors (Lipinski definition) is 6. The number of nitrogens with zero attached hydrogens (tertiary/aromatic N) is 3. The molecule has 0 saturated heterocycles. The zero-order chi connectivity index (χ0) is 24.1. The zero-order valence-electron chi connectivity index (χ0n) is 19.3. The molecule has 0 aliphatic carbocycles. The summed E-state index contributed by atoms with van der Waals surface area (Å²) in [5, 5.41) is 3.11. The molecule has 1 N–H and O–H groups in total. The Kier molecular flexibility index (Phi) is 6.77. The number of pyridine rings is 1. The van der Waals surface area contributed by atoms with Crippen molar-refractivity contribution < 1.29 is 9.47 Å². The van der Waals surface area contributed by atoms with Crippen LogP contribution in [0.3, 0.4) is 0 Å². The summed E-state index contributed by atoms with van der Waals surface area (Å²) in [7, 11) is 3.19. The first-order valence-corrected chi connectivity index (χ1v) is 10.8. The molecule has 0 amide bonds. The fourth-order valence-corrected chi connectivity index (χ4v) is 3.58. The molecule has 0 atom stereocenters. The van der Waals surface area contributed by atoms with Crippen molar-refractivity contribution in [2.45, 2.75) is 20.0 Å². The van der Waals surface area contributed by atoms with E-state index in [1.54, 1.807) is 38.7 Å². The molecule has 174 valence electrons. The van der Waals surface area contributed by atoms with Gasteiger partial charge in [-0.05, 0) is 53.9 Å². The van der Waals surface area contributed by atoms with Crippen LogP contribution in [0, 0.1) is 6.92 Å². The summed E-state index contributed by atoms with van der Waals surface area (Å²) in [6, 6.07) is 18.5. The number of aryl methyl sites for hydroxylation is 1. The standard InChI is InChI=1S/C26H26N4O4/c1-18-5-4-14-27-24(18)28-23-17-29(15-19-6-10-21(33-2)11-7-19)26(32)30(25(23)31)16-20-8-12-22(34-3)13-9-20/h4-14,17H,15-16H2,1-3H3,(H,27,28). The zero-order valence-corrected chi connectivity index (χ0v) is 19.3. The van der Waals surface area contributed by atoms with E-state index in [-0.39, 0.29) is 12.2 Å². The topological polar surface area (TPSA) is 87.4 Å². The van der Waals surface area contributed by atoms with Crippen LogP contribution in [0.15, 0.2) is 82.6 Å². The Morgan fingerprint density at radius 2 is 1.44 bits per heavy atom. The Bertz CT molecular complexity index is 1390. The van der Waals surface area contributed by atoms with Crippen LogP contribution in [0.1, 0.15) is 16.7 Å². The second-order valence-corrected chi connectivity index (χ2v) is 7.83. The molecule has 0 aliphatic rings. The summed E-state index contributed by atoms with van der Waals surface area (Å²) < 4.78 is 13.2. The average molecular weight is 459 g/mol. The van der Waals surface area contributed by atoms with Gasteiger partial charge in [-0.2, -0.15) is 0 Å². The van der Waals surface area contributed by atoms with Crippen LogP contribution >= 0.6 is 0 Å².